The second-order valence-electron chi connectivity index (χ2n) is 9.03. The van der Waals surface area contributed by atoms with Crippen LogP contribution in [0.1, 0.15) is 41.6 Å². The molecule has 0 saturated heterocycles. The van der Waals surface area contributed by atoms with Gasteiger partial charge >= 0.3 is 0 Å². The molecule has 0 spiro atoms. The first-order valence-corrected chi connectivity index (χ1v) is 12.1. The monoisotopic (exact) mass is 468 g/mol. The number of benzene rings is 2. The summed E-state index contributed by atoms with van der Waals surface area (Å²) in [4.78, 5) is 12.8. The molecule has 2 aromatic rings. The van der Waals surface area contributed by atoms with Gasteiger partial charge in [-0.25, -0.2) is 0 Å². The van der Waals surface area contributed by atoms with Crippen molar-refractivity contribution in [2.24, 2.45) is 5.92 Å². The molecule has 1 aliphatic heterocycles. The van der Waals surface area contributed by atoms with Crippen molar-refractivity contribution in [1.29, 1.82) is 0 Å². The summed E-state index contributed by atoms with van der Waals surface area (Å²) in [7, 11) is 1.70. The van der Waals surface area contributed by atoms with E-state index in [1.165, 1.54) is 5.56 Å². The highest BCUT2D eigenvalue weighted by Crippen LogP contribution is 2.31. The predicted molar refractivity (Wildman–Crippen MR) is 134 cm³/mol. The molecule has 1 saturated carbocycles. The Morgan fingerprint density at radius 3 is 2.82 bits per heavy atom. The van der Waals surface area contributed by atoms with Crippen molar-refractivity contribution in [3.8, 4) is 11.5 Å². The number of rotatable bonds is 10. The van der Waals surface area contributed by atoms with Crippen molar-refractivity contribution < 1.29 is 19.0 Å². The number of hydrogen-bond acceptors (Lipinski definition) is 7. The zero-order valence-corrected chi connectivity index (χ0v) is 19.9. The molecule has 4 rings (SSSR count). The number of nitrogen functional groups attached to an aromatic ring is 1. The van der Waals surface area contributed by atoms with Gasteiger partial charge in [0.2, 0.25) is 0 Å². The van der Waals surface area contributed by atoms with E-state index in [1.54, 1.807) is 19.2 Å². The Hall–Kier alpha value is -2.97. The van der Waals surface area contributed by atoms with Crippen LogP contribution in [0.25, 0.3) is 0 Å². The minimum atomic E-state index is -0.0616. The van der Waals surface area contributed by atoms with Gasteiger partial charge in [0.15, 0.2) is 11.5 Å². The molecule has 5 N–H and O–H groups in total. The number of fused-ring (bicyclic) bond motifs is 1. The predicted octanol–water partition coefficient (Wildman–Crippen LogP) is 3.18. The quantitative estimate of drug-likeness (QED) is 0.313. The number of anilines is 2. The Labute approximate surface area is 201 Å². The Kier molecular flexibility index (Phi) is 8.49. The van der Waals surface area contributed by atoms with E-state index in [0.29, 0.717) is 42.8 Å². The minimum absolute atomic E-state index is 0.0616. The molecule has 184 valence electrons. The third-order valence-corrected chi connectivity index (χ3v) is 6.43. The highest BCUT2D eigenvalue weighted by atomic mass is 16.6. The molecule has 1 amide bonds. The molecule has 1 heterocycles. The molecule has 1 aliphatic carbocycles. The van der Waals surface area contributed by atoms with E-state index in [1.807, 2.05) is 18.2 Å². The fourth-order valence-corrected chi connectivity index (χ4v) is 4.59. The van der Waals surface area contributed by atoms with E-state index in [9.17, 15) is 4.79 Å². The largest absolute Gasteiger partial charge is 0.486 e. The Balaban J connectivity index is 1.27. The van der Waals surface area contributed by atoms with Crippen LogP contribution >= 0.6 is 0 Å². The van der Waals surface area contributed by atoms with Gasteiger partial charge in [-0.15, -0.1) is 0 Å². The Morgan fingerprint density at radius 2 is 1.97 bits per heavy atom. The Morgan fingerprint density at radius 1 is 1.12 bits per heavy atom. The molecule has 2 aliphatic rings. The van der Waals surface area contributed by atoms with E-state index in [0.717, 1.165) is 56.7 Å². The summed E-state index contributed by atoms with van der Waals surface area (Å²) < 4.78 is 16.2. The van der Waals surface area contributed by atoms with Crippen molar-refractivity contribution >= 4 is 17.3 Å². The van der Waals surface area contributed by atoms with Gasteiger partial charge in [-0.2, -0.15) is 0 Å². The third kappa shape index (κ3) is 6.55. The van der Waals surface area contributed by atoms with E-state index in [2.05, 4.69) is 22.0 Å². The molecular weight excluding hydrogens is 432 g/mol. The molecule has 2 atom stereocenters. The fraction of sp³-hybridized carbons (Fsp3) is 0.500. The van der Waals surface area contributed by atoms with E-state index in [4.69, 9.17) is 19.9 Å². The molecule has 0 radical (unpaired) electrons. The maximum Gasteiger partial charge on any atom is 0.251 e. The van der Waals surface area contributed by atoms with Crippen LogP contribution in [-0.2, 0) is 11.3 Å². The highest BCUT2D eigenvalue weighted by Gasteiger charge is 2.24. The fourth-order valence-electron chi connectivity index (χ4n) is 4.59. The second-order valence-corrected chi connectivity index (χ2v) is 9.03. The van der Waals surface area contributed by atoms with Gasteiger partial charge < -0.3 is 35.9 Å². The molecular formula is C26H36N4O4. The zero-order chi connectivity index (χ0) is 23.8. The lowest BCUT2D eigenvalue weighted by molar-refractivity contribution is 0.0919. The summed E-state index contributed by atoms with van der Waals surface area (Å²) in [5.74, 6) is 1.75. The second kappa shape index (κ2) is 11.9. The first kappa shape index (κ1) is 24.2. The maximum absolute atomic E-state index is 12.8. The number of methoxy groups -OCH3 is 1. The van der Waals surface area contributed by atoms with Gasteiger partial charge in [0.05, 0.1) is 18.0 Å². The standard InChI is InChI=1S/C26H36N4O4/c1-32-10-9-28-16-19-5-7-22(27)23(14-19)29-17-18-3-2-4-21(13-18)30-26(31)20-6-8-24-25(15-20)34-12-11-33-24/h5-8,14-15,18,21,28-29H,2-4,9-13,16-17,27H2,1H3,(H,30,31). The first-order valence-electron chi connectivity index (χ1n) is 12.1. The molecule has 0 aromatic heterocycles. The molecule has 2 unspecified atom stereocenters. The van der Waals surface area contributed by atoms with Crippen LogP contribution in [0.15, 0.2) is 36.4 Å². The third-order valence-electron chi connectivity index (χ3n) is 6.43. The smallest absolute Gasteiger partial charge is 0.251 e. The summed E-state index contributed by atoms with van der Waals surface area (Å²) in [6.45, 7) is 4.15. The molecule has 34 heavy (non-hydrogen) atoms. The SMILES string of the molecule is COCCNCc1ccc(N)c(NCC2CCCC(NC(=O)c3ccc4c(c3)OCCO4)C2)c1. The summed E-state index contributed by atoms with van der Waals surface area (Å²) in [5.41, 5.74) is 9.71. The van der Waals surface area contributed by atoms with Gasteiger partial charge in [0.25, 0.3) is 5.91 Å². The first-order chi connectivity index (χ1) is 16.6. The van der Waals surface area contributed by atoms with Crippen molar-refractivity contribution in [3.05, 3.63) is 47.5 Å². The van der Waals surface area contributed by atoms with Crippen LogP contribution in [0.4, 0.5) is 11.4 Å². The number of nitrogens with one attached hydrogen (secondary N) is 3. The molecule has 2 aromatic carbocycles. The number of nitrogens with two attached hydrogens (primary N) is 1. The summed E-state index contributed by atoms with van der Waals surface area (Å²) in [6, 6.07) is 11.6. The summed E-state index contributed by atoms with van der Waals surface area (Å²) in [6.07, 6.45) is 4.18. The van der Waals surface area contributed by atoms with Crippen LogP contribution in [0.5, 0.6) is 11.5 Å². The zero-order valence-electron chi connectivity index (χ0n) is 19.9. The molecule has 8 heteroatoms. The number of ether oxygens (including phenoxy) is 3. The average molecular weight is 469 g/mol. The van der Waals surface area contributed by atoms with Crippen molar-refractivity contribution in [1.82, 2.24) is 10.6 Å². The molecule has 8 nitrogen and oxygen atoms in total. The lowest BCUT2D eigenvalue weighted by Crippen LogP contribution is -2.39. The Bertz CT molecular complexity index is 968. The average Bonchev–Trinajstić information content (AvgIpc) is 2.86. The normalized spacial score (nSPS) is 19.4. The van der Waals surface area contributed by atoms with Gasteiger partial charge in [-0.1, -0.05) is 12.5 Å². The number of carbonyl (C=O) groups is 1. The van der Waals surface area contributed by atoms with Crippen LogP contribution < -0.4 is 31.2 Å². The van der Waals surface area contributed by atoms with Crippen LogP contribution in [0, 0.1) is 5.92 Å². The number of hydrogen-bond donors (Lipinski definition) is 4. The number of amides is 1. The van der Waals surface area contributed by atoms with Gasteiger partial charge in [-0.3, -0.25) is 4.79 Å². The minimum Gasteiger partial charge on any atom is -0.486 e. The van der Waals surface area contributed by atoms with E-state index < -0.39 is 0 Å². The van der Waals surface area contributed by atoms with Gasteiger partial charge in [0, 0.05) is 38.3 Å². The topological polar surface area (TPSA) is 107 Å². The van der Waals surface area contributed by atoms with Crippen molar-refractivity contribution in [3.63, 3.8) is 0 Å². The lowest BCUT2D eigenvalue weighted by atomic mass is 9.85. The van der Waals surface area contributed by atoms with Crippen molar-refractivity contribution in [2.75, 3.05) is 51.1 Å². The van der Waals surface area contributed by atoms with Crippen LogP contribution in [-0.4, -0.2) is 52.0 Å². The van der Waals surface area contributed by atoms with Crippen LogP contribution in [0.3, 0.4) is 0 Å². The van der Waals surface area contributed by atoms with Crippen LogP contribution in [0.2, 0.25) is 0 Å². The molecule has 0 bridgehead atoms. The summed E-state index contributed by atoms with van der Waals surface area (Å²) in [5, 5.41) is 10.1. The maximum atomic E-state index is 12.8. The lowest BCUT2D eigenvalue weighted by Gasteiger charge is -2.30. The molecule has 1 fully saturated rings. The van der Waals surface area contributed by atoms with Gasteiger partial charge in [-0.05, 0) is 61.1 Å². The van der Waals surface area contributed by atoms with E-state index in [-0.39, 0.29) is 11.9 Å². The highest BCUT2D eigenvalue weighted by molar-refractivity contribution is 5.95. The van der Waals surface area contributed by atoms with E-state index >= 15 is 0 Å². The summed E-state index contributed by atoms with van der Waals surface area (Å²) >= 11 is 0. The van der Waals surface area contributed by atoms with Gasteiger partial charge in [0.1, 0.15) is 13.2 Å². The number of carbonyl (C=O) groups excluding carboxylic acids is 1. The van der Waals surface area contributed by atoms with Crippen molar-refractivity contribution in [2.45, 2.75) is 38.3 Å².